The van der Waals surface area contributed by atoms with E-state index >= 15 is 0 Å². The second kappa shape index (κ2) is 12.3. The Labute approximate surface area is 223 Å². The lowest BCUT2D eigenvalue weighted by atomic mass is 9.94. The number of rotatable bonds is 11. The first-order chi connectivity index (χ1) is 18.0. The van der Waals surface area contributed by atoms with Gasteiger partial charge < -0.3 is 15.5 Å². The van der Waals surface area contributed by atoms with E-state index in [2.05, 4.69) is 15.4 Å². The number of benzene rings is 3. The number of halogens is 1. The molecule has 3 rings (SSSR count). The summed E-state index contributed by atoms with van der Waals surface area (Å²) in [6, 6.07) is 15.9. The van der Waals surface area contributed by atoms with Gasteiger partial charge in [0, 0.05) is 35.2 Å². The third-order valence-corrected chi connectivity index (χ3v) is 7.47. The van der Waals surface area contributed by atoms with E-state index in [9.17, 15) is 22.4 Å². The lowest BCUT2D eigenvalue weighted by Crippen LogP contribution is -2.36. The Bertz CT molecular complexity index is 1390. The van der Waals surface area contributed by atoms with Crippen LogP contribution in [0.25, 0.3) is 10.8 Å². The van der Waals surface area contributed by atoms with Crippen molar-refractivity contribution in [2.75, 3.05) is 35.1 Å². The molecule has 0 fully saturated rings. The molecular formula is C28H35FN4O4S. The van der Waals surface area contributed by atoms with Crippen molar-refractivity contribution >= 4 is 49.8 Å². The third-order valence-electron chi connectivity index (χ3n) is 6.03. The molecule has 10 heteroatoms. The minimum Gasteiger partial charge on any atom is -0.326 e. The average Bonchev–Trinajstić information content (AvgIpc) is 2.89. The molecule has 3 aromatic rings. The molecule has 0 spiro atoms. The van der Waals surface area contributed by atoms with Crippen LogP contribution < -0.4 is 15.4 Å². The number of amides is 3. The Hall–Kier alpha value is -3.66. The van der Waals surface area contributed by atoms with E-state index in [1.807, 2.05) is 13.8 Å². The van der Waals surface area contributed by atoms with Gasteiger partial charge in [-0.05, 0) is 63.1 Å². The Morgan fingerprint density at radius 3 is 2.03 bits per heavy atom. The number of nitrogens with zero attached hydrogens (tertiary/aromatic N) is 1. The Morgan fingerprint density at radius 2 is 1.42 bits per heavy atom. The van der Waals surface area contributed by atoms with E-state index in [0.29, 0.717) is 40.9 Å². The first-order valence-corrected chi connectivity index (χ1v) is 14.1. The van der Waals surface area contributed by atoms with Gasteiger partial charge in [-0.2, -0.15) is 0 Å². The molecule has 38 heavy (non-hydrogen) atoms. The highest BCUT2D eigenvalue weighted by Crippen LogP contribution is 2.30. The highest BCUT2D eigenvalue weighted by Gasteiger charge is 2.27. The second-order valence-corrected chi connectivity index (χ2v) is 11.4. The zero-order chi connectivity index (χ0) is 27.9. The standard InChI is InChI=1S/C28H35FN4O4S/c1-5-17-33(18-6-2)27(35)31-24-11-7-10-23-22(24)9-8-12-25(23)38(36,37)32-21-15-13-20(14-16-21)30-26(34)28(3,4)19-29/h7-16,32H,5-6,17-19H2,1-4H3,(H,30,34)(H,31,35). The largest absolute Gasteiger partial charge is 0.326 e. The number of urea groups is 1. The highest BCUT2D eigenvalue weighted by atomic mass is 32.2. The van der Waals surface area contributed by atoms with Gasteiger partial charge in [-0.3, -0.25) is 9.52 Å². The number of carbonyl (C=O) groups is 2. The normalized spacial score (nSPS) is 11.7. The van der Waals surface area contributed by atoms with Crippen LogP contribution in [0.3, 0.4) is 0 Å². The summed E-state index contributed by atoms with van der Waals surface area (Å²) < 4.78 is 42.3. The molecule has 0 heterocycles. The van der Waals surface area contributed by atoms with Crippen molar-refractivity contribution in [2.24, 2.45) is 5.41 Å². The van der Waals surface area contributed by atoms with Gasteiger partial charge in [-0.15, -0.1) is 0 Å². The summed E-state index contributed by atoms with van der Waals surface area (Å²) in [5, 5.41) is 6.63. The maximum atomic E-state index is 13.3. The fourth-order valence-electron chi connectivity index (χ4n) is 3.87. The monoisotopic (exact) mass is 542 g/mol. The van der Waals surface area contributed by atoms with Crippen molar-refractivity contribution in [3.8, 4) is 0 Å². The van der Waals surface area contributed by atoms with Gasteiger partial charge in [-0.25, -0.2) is 17.6 Å². The van der Waals surface area contributed by atoms with Crippen molar-refractivity contribution in [1.82, 2.24) is 4.90 Å². The van der Waals surface area contributed by atoms with E-state index in [-0.39, 0.29) is 10.9 Å². The topological polar surface area (TPSA) is 108 Å². The molecule has 0 saturated carbocycles. The Kier molecular flexibility index (Phi) is 9.32. The highest BCUT2D eigenvalue weighted by molar-refractivity contribution is 7.93. The Balaban J connectivity index is 1.84. The fourth-order valence-corrected chi connectivity index (χ4v) is 5.15. The lowest BCUT2D eigenvalue weighted by molar-refractivity contribution is -0.124. The molecule has 0 saturated heterocycles. The van der Waals surface area contributed by atoms with Crippen molar-refractivity contribution in [2.45, 2.75) is 45.4 Å². The van der Waals surface area contributed by atoms with Crippen LogP contribution in [0.15, 0.2) is 65.6 Å². The summed E-state index contributed by atoms with van der Waals surface area (Å²) in [6.07, 6.45) is 1.67. The first kappa shape index (κ1) is 28.9. The summed E-state index contributed by atoms with van der Waals surface area (Å²) in [5.74, 6) is -0.473. The smallest absolute Gasteiger partial charge is 0.321 e. The van der Waals surface area contributed by atoms with E-state index < -0.39 is 28.0 Å². The van der Waals surface area contributed by atoms with Crippen molar-refractivity contribution < 1.29 is 22.4 Å². The van der Waals surface area contributed by atoms with E-state index in [4.69, 9.17) is 0 Å². The summed E-state index contributed by atoms with van der Waals surface area (Å²) in [7, 11) is -3.99. The average molecular weight is 543 g/mol. The number of sulfonamides is 1. The summed E-state index contributed by atoms with van der Waals surface area (Å²) in [5.41, 5.74) is 0.0734. The summed E-state index contributed by atoms with van der Waals surface area (Å²) in [6.45, 7) is 7.47. The molecule has 204 valence electrons. The molecule has 0 radical (unpaired) electrons. The number of nitrogens with one attached hydrogen (secondary N) is 3. The van der Waals surface area contributed by atoms with E-state index in [1.54, 1.807) is 47.4 Å². The minimum absolute atomic E-state index is 0.0622. The number of anilines is 3. The van der Waals surface area contributed by atoms with Crippen LogP contribution in [0.2, 0.25) is 0 Å². The van der Waals surface area contributed by atoms with Crippen LogP contribution >= 0.6 is 0 Å². The first-order valence-electron chi connectivity index (χ1n) is 12.6. The van der Waals surface area contributed by atoms with Crippen LogP contribution in [0.1, 0.15) is 40.5 Å². The fraction of sp³-hybridized carbons (Fsp3) is 0.357. The van der Waals surface area contributed by atoms with Crippen molar-refractivity contribution in [3.63, 3.8) is 0 Å². The van der Waals surface area contributed by atoms with Crippen LogP contribution in [-0.2, 0) is 14.8 Å². The van der Waals surface area contributed by atoms with Crippen LogP contribution in [0.5, 0.6) is 0 Å². The van der Waals surface area contributed by atoms with Gasteiger partial charge in [0.15, 0.2) is 0 Å². The SMILES string of the molecule is CCCN(CCC)C(=O)Nc1cccc2c(S(=O)(=O)Nc3ccc(NC(=O)C(C)(C)CF)cc3)cccc12. The molecule has 3 amide bonds. The molecule has 8 nitrogen and oxygen atoms in total. The maximum Gasteiger partial charge on any atom is 0.321 e. The minimum atomic E-state index is -3.99. The van der Waals surface area contributed by atoms with E-state index in [1.165, 1.54) is 32.0 Å². The van der Waals surface area contributed by atoms with Gasteiger partial charge >= 0.3 is 6.03 Å². The number of alkyl halides is 1. The second-order valence-electron chi connectivity index (χ2n) is 9.73. The molecule has 0 aromatic heterocycles. The van der Waals surface area contributed by atoms with Gasteiger partial charge in [0.2, 0.25) is 5.91 Å². The predicted octanol–water partition coefficient (Wildman–Crippen LogP) is 6.23. The molecule has 0 atom stereocenters. The molecule has 0 aliphatic carbocycles. The van der Waals surface area contributed by atoms with Crippen molar-refractivity contribution in [1.29, 1.82) is 0 Å². The summed E-state index contributed by atoms with van der Waals surface area (Å²) in [4.78, 5) is 26.9. The van der Waals surface area contributed by atoms with Crippen LogP contribution in [-0.4, -0.2) is 45.0 Å². The molecule has 0 unspecified atom stereocenters. The van der Waals surface area contributed by atoms with Gasteiger partial charge in [0.05, 0.1) is 16.0 Å². The Morgan fingerprint density at radius 1 is 0.842 bits per heavy atom. The van der Waals surface area contributed by atoms with Crippen molar-refractivity contribution in [3.05, 3.63) is 60.7 Å². The number of hydrogen-bond donors (Lipinski definition) is 3. The zero-order valence-corrected chi connectivity index (χ0v) is 23.0. The van der Waals surface area contributed by atoms with Crippen LogP contribution in [0, 0.1) is 5.41 Å². The molecule has 0 bridgehead atoms. The van der Waals surface area contributed by atoms with Gasteiger partial charge in [0.25, 0.3) is 10.0 Å². The molecule has 3 N–H and O–H groups in total. The zero-order valence-electron chi connectivity index (χ0n) is 22.2. The number of hydrogen-bond acceptors (Lipinski definition) is 4. The summed E-state index contributed by atoms with van der Waals surface area (Å²) >= 11 is 0. The van der Waals surface area contributed by atoms with Gasteiger partial charge in [0.1, 0.15) is 6.67 Å². The lowest BCUT2D eigenvalue weighted by Gasteiger charge is -2.22. The van der Waals surface area contributed by atoms with Gasteiger partial charge in [-0.1, -0.05) is 38.1 Å². The quantitative estimate of drug-likeness (QED) is 0.267. The third kappa shape index (κ3) is 6.80. The van der Waals surface area contributed by atoms with E-state index in [0.717, 1.165) is 12.8 Å². The molecule has 3 aromatic carbocycles. The molecule has 0 aliphatic rings. The maximum absolute atomic E-state index is 13.3. The number of fused-ring (bicyclic) bond motifs is 1. The van der Waals surface area contributed by atoms with Crippen LogP contribution in [0.4, 0.5) is 26.2 Å². The molecule has 0 aliphatic heterocycles. The predicted molar refractivity (Wildman–Crippen MR) is 151 cm³/mol. The number of carbonyl (C=O) groups excluding carboxylic acids is 2. The molecular weight excluding hydrogens is 507 g/mol.